The summed E-state index contributed by atoms with van der Waals surface area (Å²) in [5.41, 5.74) is 2.41. The monoisotopic (exact) mass is 280 g/mol. The number of thioether (sulfide) groups is 1. The first-order chi connectivity index (χ1) is 9.86. The molecule has 0 saturated carbocycles. The van der Waals surface area contributed by atoms with Gasteiger partial charge in [0.25, 0.3) is 0 Å². The van der Waals surface area contributed by atoms with Crippen LogP contribution in [0.3, 0.4) is 0 Å². The third kappa shape index (κ3) is 2.78. The summed E-state index contributed by atoms with van der Waals surface area (Å²) in [7, 11) is 0. The molecule has 0 bridgehead atoms. The maximum absolute atomic E-state index is 4.21. The van der Waals surface area contributed by atoms with E-state index in [9.17, 15) is 0 Å². The van der Waals surface area contributed by atoms with Crippen LogP contribution in [0.5, 0.6) is 0 Å². The van der Waals surface area contributed by atoms with Crippen molar-refractivity contribution >= 4 is 28.2 Å². The summed E-state index contributed by atoms with van der Waals surface area (Å²) in [5.74, 6) is 0. The van der Waals surface area contributed by atoms with Crippen molar-refractivity contribution in [2.75, 3.05) is 11.6 Å². The number of nitrogens with one attached hydrogen (secondary N) is 1. The molecule has 1 N–H and O–H groups in total. The highest BCUT2D eigenvalue weighted by Gasteiger charge is 2.00. The molecule has 0 radical (unpaired) electrons. The van der Waals surface area contributed by atoms with Crippen molar-refractivity contribution in [2.45, 2.75) is 11.4 Å². The molecule has 0 fully saturated rings. The van der Waals surface area contributed by atoms with E-state index >= 15 is 0 Å². The third-order valence-electron chi connectivity index (χ3n) is 3.33. The molecule has 0 aliphatic carbocycles. The van der Waals surface area contributed by atoms with E-state index in [1.54, 1.807) is 11.8 Å². The first-order valence-corrected chi connectivity index (χ1v) is 7.79. The lowest BCUT2D eigenvalue weighted by Gasteiger charge is -2.10. The lowest BCUT2D eigenvalue weighted by Crippen LogP contribution is -1.99. The van der Waals surface area contributed by atoms with Crippen LogP contribution in [-0.4, -0.2) is 11.2 Å². The van der Waals surface area contributed by atoms with Gasteiger partial charge in [0, 0.05) is 34.9 Å². The summed E-state index contributed by atoms with van der Waals surface area (Å²) in [6.45, 7) is 0.822. The summed E-state index contributed by atoms with van der Waals surface area (Å²) in [6.07, 6.45) is 5.83. The highest BCUT2D eigenvalue weighted by molar-refractivity contribution is 7.98. The molecule has 20 heavy (non-hydrogen) atoms. The van der Waals surface area contributed by atoms with Crippen molar-refractivity contribution in [2.24, 2.45) is 0 Å². The average molecular weight is 280 g/mol. The fraction of sp³-hybridized carbons (Fsp3) is 0.118. The molecule has 3 aromatic rings. The van der Waals surface area contributed by atoms with Crippen LogP contribution in [0, 0.1) is 0 Å². The third-order valence-corrected chi connectivity index (χ3v) is 4.07. The van der Waals surface area contributed by atoms with E-state index in [0.29, 0.717) is 0 Å². The summed E-state index contributed by atoms with van der Waals surface area (Å²) in [4.78, 5) is 5.50. The van der Waals surface area contributed by atoms with Crippen LogP contribution in [-0.2, 0) is 6.54 Å². The van der Waals surface area contributed by atoms with E-state index < -0.39 is 0 Å². The Bertz CT molecular complexity index is 702. The van der Waals surface area contributed by atoms with Crippen molar-refractivity contribution in [3.63, 3.8) is 0 Å². The molecule has 0 aliphatic heterocycles. The summed E-state index contributed by atoms with van der Waals surface area (Å²) in [5, 5.41) is 5.87. The van der Waals surface area contributed by atoms with E-state index in [1.807, 2.05) is 18.5 Å². The number of anilines is 1. The molecular formula is C17H16N2S. The molecule has 0 atom stereocenters. The zero-order valence-electron chi connectivity index (χ0n) is 11.3. The second-order valence-corrected chi connectivity index (χ2v) is 5.48. The van der Waals surface area contributed by atoms with Gasteiger partial charge in [-0.15, -0.1) is 11.8 Å². The van der Waals surface area contributed by atoms with E-state index in [1.165, 1.54) is 15.8 Å². The average Bonchev–Trinajstić information content (AvgIpc) is 2.53. The number of aromatic nitrogens is 1. The maximum Gasteiger partial charge on any atom is 0.0438 e. The molecule has 3 rings (SSSR count). The molecule has 2 nitrogen and oxygen atoms in total. The van der Waals surface area contributed by atoms with Crippen LogP contribution < -0.4 is 5.32 Å². The lowest BCUT2D eigenvalue weighted by molar-refractivity contribution is 1.14. The van der Waals surface area contributed by atoms with E-state index in [4.69, 9.17) is 0 Å². The fourth-order valence-electron chi connectivity index (χ4n) is 2.21. The van der Waals surface area contributed by atoms with Gasteiger partial charge in [-0.3, -0.25) is 4.98 Å². The zero-order chi connectivity index (χ0) is 13.8. The van der Waals surface area contributed by atoms with Gasteiger partial charge in [0.15, 0.2) is 0 Å². The van der Waals surface area contributed by atoms with Crippen molar-refractivity contribution in [1.82, 2.24) is 4.98 Å². The molecule has 3 heteroatoms. The first-order valence-electron chi connectivity index (χ1n) is 6.56. The van der Waals surface area contributed by atoms with Crippen molar-refractivity contribution in [3.05, 3.63) is 66.5 Å². The quantitative estimate of drug-likeness (QED) is 0.709. The van der Waals surface area contributed by atoms with Gasteiger partial charge >= 0.3 is 0 Å². The Balaban J connectivity index is 1.79. The molecule has 0 amide bonds. The molecule has 0 spiro atoms. The second kappa shape index (κ2) is 5.97. The zero-order valence-corrected chi connectivity index (χ0v) is 12.2. The van der Waals surface area contributed by atoms with E-state index in [-0.39, 0.29) is 0 Å². The molecule has 0 saturated heterocycles. The minimum atomic E-state index is 0.822. The highest BCUT2D eigenvalue weighted by atomic mass is 32.2. The summed E-state index contributed by atoms with van der Waals surface area (Å²) in [6, 6.07) is 17.0. The SMILES string of the molecule is CSc1ccc(CNc2cccc3ccncc23)cc1. The number of hydrogen-bond acceptors (Lipinski definition) is 3. The number of hydrogen-bond donors (Lipinski definition) is 1. The van der Waals surface area contributed by atoms with Gasteiger partial charge in [-0.2, -0.15) is 0 Å². The Morgan fingerprint density at radius 1 is 1.05 bits per heavy atom. The van der Waals surface area contributed by atoms with Crippen LogP contribution in [0.4, 0.5) is 5.69 Å². The van der Waals surface area contributed by atoms with Crippen LogP contribution in [0.15, 0.2) is 65.8 Å². The van der Waals surface area contributed by atoms with Crippen molar-refractivity contribution in [3.8, 4) is 0 Å². The lowest BCUT2D eigenvalue weighted by atomic mass is 10.1. The summed E-state index contributed by atoms with van der Waals surface area (Å²) < 4.78 is 0. The van der Waals surface area contributed by atoms with Crippen molar-refractivity contribution in [1.29, 1.82) is 0 Å². The molecule has 1 aromatic heterocycles. The Labute approximate surface area is 123 Å². The van der Waals surface area contributed by atoms with Crippen LogP contribution in [0.2, 0.25) is 0 Å². The normalized spacial score (nSPS) is 10.7. The van der Waals surface area contributed by atoms with Crippen molar-refractivity contribution < 1.29 is 0 Å². The number of rotatable bonds is 4. The number of benzene rings is 2. The van der Waals surface area contributed by atoms with E-state index in [0.717, 1.165) is 17.6 Å². The minimum Gasteiger partial charge on any atom is -0.380 e. The minimum absolute atomic E-state index is 0.822. The first kappa shape index (κ1) is 13.0. The predicted molar refractivity (Wildman–Crippen MR) is 87.3 cm³/mol. The van der Waals surface area contributed by atoms with Gasteiger partial charge in [-0.25, -0.2) is 0 Å². The summed E-state index contributed by atoms with van der Waals surface area (Å²) >= 11 is 1.77. The van der Waals surface area contributed by atoms with E-state index in [2.05, 4.69) is 59.0 Å². The molecule has 1 heterocycles. The Morgan fingerprint density at radius 3 is 2.70 bits per heavy atom. The molecular weight excluding hydrogens is 264 g/mol. The van der Waals surface area contributed by atoms with Crippen LogP contribution in [0.25, 0.3) is 10.8 Å². The van der Waals surface area contributed by atoms with Gasteiger partial charge in [0.1, 0.15) is 0 Å². The highest BCUT2D eigenvalue weighted by Crippen LogP contribution is 2.23. The molecule has 0 unspecified atom stereocenters. The van der Waals surface area contributed by atoms with Gasteiger partial charge < -0.3 is 5.32 Å². The number of nitrogens with zero attached hydrogens (tertiary/aromatic N) is 1. The predicted octanol–water partition coefficient (Wildman–Crippen LogP) is 4.57. The Morgan fingerprint density at radius 2 is 1.90 bits per heavy atom. The largest absolute Gasteiger partial charge is 0.380 e. The topological polar surface area (TPSA) is 24.9 Å². The Kier molecular flexibility index (Phi) is 3.88. The van der Waals surface area contributed by atoms with Crippen LogP contribution in [0.1, 0.15) is 5.56 Å². The fourth-order valence-corrected chi connectivity index (χ4v) is 2.62. The van der Waals surface area contributed by atoms with Gasteiger partial charge in [0.2, 0.25) is 0 Å². The standard InChI is InChI=1S/C17H16N2S/c1-20-15-7-5-13(6-8-15)11-19-17-4-2-3-14-9-10-18-12-16(14)17/h2-10,12,19H,11H2,1H3. The van der Waals surface area contributed by atoms with Gasteiger partial charge in [0.05, 0.1) is 0 Å². The maximum atomic E-state index is 4.21. The van der Waals surface area contributed by atoms with Crippen LogP contribution >= 0.6 is 11.8 Å². The van der Waals surface area contributed by atoms with Gasteiger partial charge in [-0.1, -0.05) is 24.3 Å². The second-order valence-electron chi connectivity index (χ2n) is 4.60. The molecule has 2 aromatic carbocycles. The number of fused-ring (bicyclic) bond motifs is 1. The number of pyridine rings is 1. The Hall–Kier alpha value is -2.00. The van der Waals surface area contributed by atoms with Gasteiger partial charge in [-0.05, 0) is 41.5 Å². The smallest absolute Gasteiger partial charge is 0.0438 e. The molecule has 100 valence electrons. The molecule has 0 aliphatic rings.